The van der Waals surface area contributed by atoms with Crippen molar-refractivity contribution >= 4 is 17.5 Å². The summed E-state index contributed by atoms with van der Waals surface area (Å²) in [5, 5.41) is 2.75. The minimum atomic E-state index is -0.313. The number of hydrogen-bond donors (Lipinski definition) is 1. The van der Waals surface area contributed by atoms with Crippen LogP contribution in [0.5, 0.6) is 0 Å². The highest BCUT2D eigenvalue weighted by molar-refractivity contribution is 6.02. The van der Waals surface area contributed by atoms with Crippen molar-refractivity contribution in [2.24, 2.45) is 0 Å². The first kappa shape index (κ1) is 18.7. The Morgan fingerprint density at radius 1 is 1.07 bits per heavy atom. The first-order valence-electron chi connectivity index (χ1n) is 9.77. The molecule has 28 heavy (non-hydrogen) atoms. The quantitative estimate of drug-likeness (QED) is 0.859. The maximum atomic E-state index is 12.8. The minimum Gasteiger partial charge on any atom is -0.459 e. The van der Waals surface area contributed by atoms with Crippen LogP contribution in [-0.4, -0.2) is 67.0 Å². The van der Waals surface area contributed by atoms with Crippen LogP contribution in [0.2, 0.25) is 0 Å². The molecule has 2 amide bonds. The molecule has 1 atom stereocenters. The van der Waals surface area contributed by atoms with E-state index in [2.05, 4.69) is 10.2 Å². The molecule has 0 spiro atoms. The number of hydrogen-bond acceptors (Lipinski definition) is 5. The number of ether oxygens (including phenoxy) is 1. The lowest BCUT2D eigenvalue weighted by Gasteiger charge is -2.35. The molecular weight excluding hydrogens is 358 g/mol. The summed E-state index contributed by atoms with van der Waals surface area (Å²) in [5.41, 5.74) is 1.25. The van der Waals surface area contributed by atoms with E-state index in [1.54, 1.807) is 36.4 Å². The van der Waals surface area contributed by atoms with Gasteiger partial charge in [-0.05, 0) is 49.2 Å². The third-order valence-corrected chi connectivity index (χ3v) is 5.28. The molecule has 7 heteroatoms. The van der Waals surface area contributed by atoms with Crippen LogP contribution in [-0.2, 0) is 4.74 Å². The second-order valence-corrected chi connectivity index (χ2v) is 7.24. The number of amides is 2. The zero-order valence-corrected chi connectivity index (χ0v) is 15.8. The van der Waals surface area contributed by atoms with Crippen molar-refractivity contribution in [1.29, 1.82) is 0 Å². The van der Waals surface area contributed by atoms with E-state index >= 15 is 0 Å². The summed E-state index contributed by atoms with van der Waals surface area (Å²) in [5.74, 6) is -0.0341. The predicted octanol–water partition coefficient (Wildman–Crippen LogP) is 2.47. The summed E-state index contributed by atoms with van der Waals surface area (Å²) in [6.45, 7) is 5.05. The van der Waals surface area contributed by atoms with E-state index in [0.29, 0.717) is 17.4 Å². The standard InChI is InChI=1S/C21H25N3O4/c25-20(19-4-2-14-28-19)22-17-7-5-16(6-8-17)21(26)24-11-9-23(10-12-24)15-18-3-1-13-27-18/h2,4-8,14,18H,1,3,9-13,15H2,(H,22,25). The summed E-state index contributed by atoms with van der Waals surface area (Å²) in [7, 11) is 0. The van der Waals surface area contributed by atoms with E-state index in [1.165, 1.54) is 6.26 Å². The Morgan fingerprint density at radius 2 is 1.86 bits per heavy atom. The third kappa shape index (κ3) is 4.43. The van der Waals surface area contributed by atoms with Crippen LogP contribution < -0.4 is 5.32 Å². The van der Waals surface area contributed by atoms with Crippen molar-refractivity contribution in [3.63, 3.8) is 0 Å². The van der Waals surface area contributed by atoms with Crippen molar-refractivity contribution in [3.05, 3.63) is 54.0 Å². The lowest BCUT2D eigenvalue weighted by Crippen LogP contribution is -2.50. The van der Waals surface area contributed by atoms with Crippen LogP contribution >= 0.6 is 0 Å². The molecule has 2 aromatic rings. The normalized spacial score (nSPS) is 20.3. The fourth-order valence-electron chi connectivity index (χ4n) is 3.69. The Bertz CT molecular complexity index is 790. The van der Waals surface area contributed by atoms with Crippen LogP contribution in [0.3, 0.4) is 0 Å². The Labute approximate surface area is 164 Å². The van der Waals surface area contributed by atoms with E-state index in [-0.39, 0.29) is 17.6 Å². The van der Waals surface area contributed by atoms with Gasteiger partial charge in [0.25, 0.3) is 11.8 Å². The van der Waals surface area contributed by atoms with Crippen molar-refractivity contribution in [2.45, 2.75) is 18.9 Å². The predicted molar refractivity (Wildman–Crippen MR) is 104 cm³/mol. The molecule has 1 unspecified atom stereocenters. The Hall–Kier alpha value is -2.64. The molecule has 0 aliphatic carbocycles. The number of benzene rings is 1. The fraction of sp³-hybridized carbons (Fsp3) is 0.429. The Balaban J connectivity index is 1.28. The molecule has 1 aromatic heterocycles. The summed E-state index contributed by atoms with van der Waals surface area (Å²) in [6, 6.07) is 10.2. The fourth-order valence-corrected chi connectivity index (χ4v) is 3.69. The summed E-state index contributed by atoms with van der Waals surface area (Å²) in [4.78, 5) is 29.0. The smallest absolute Gasteiger partial charge is 0.291 e. The lowest BCUT2D eigenvalue weighted by atomic mass is 10.1. The van der Waals surface area contributed by atoms with E-state index < -0.39 is 0 Å². The van der Waals surface area contributed by atoms with Gasteiger partial charge in [-0.1, -0.05) is 0 Å². The highest BCUT2D eigenvalue weighted by atomic mass is 16.5. The summed E-state index contributed by atoms with van der Waals surface area (Å²) < 4.78 is 10.8. The van der Waals surface area contributed by atoms with Gasteiger partial charge in [0.05, 0.1) is 12.4 Å². The largest absolute Gasteiger partial charge is 0.459 e. The Morgan fingerprint density at radius 3 is 2.50 bits per heavy atom. The van der Waals surface area contributed by atoms with Gasteiger partial charge in [0.1, 0.15) is 0 Å². The van der Waals surface area contributed by atoms with Gasteiger partial charge in [0.2, 0.25) is 0 Å². The van der Waals surface area contributed by atoms with E-state index in [9.17, 15) is 9.59 Å². The minimum absolute atomic E-state index is 0.0284. The maximum Gasteiger partial charge on any atom is 0.291 e. The molecule has 148 valence electrons. The van der Waals surface area contributed by atoms with Gasteiger partial charge in [-0.2, -0.15) is 0 Å². The highest BCUT2D eigenvalue weighted by Crippen LogP contribution is 2.17. The average molecular weight is 383 g/mol. The molecular formula is C21H25N3O4. The van der Waals surface area contributed by atoms with Gasteiger partial charge >= 0.3 is 0 Å². The van der Waals surface area contributed by atoms with Gasteiger partial charge in [-0.3, -0.25) is 14.5 Å². The molecule has 0 radical (unpaired) electrons. The SMILES string of the molecule is O=C(Nc1ccc(C(=O)N2CCN(CC3CCCO3)CC2)cc1)c1ccco1. The third-order valence-electron chi connectivity index (χ3n) is 5.28. The van der Waals surface area contributed by atoms with Gasteiger partial charge in [-0.15, -0.1) is 0 Å². The highest BCUT2D eigenvalue weighted by Gasteiger charge is 2.25. The second kappa shape index (κ2) is 8.58. The number of carbonyl (C=O) groups is 2. The zero-order chi connectivity index (χ0) is 19.3. The van der Waals surface area contributed by atoms with Gasteiger partial charge in [0, 0.05) is 50.6 Å². The number of piperazine rings is 1. The first-order chi connectivity index (χ1) is 13.7. The first-order valence-corrected chi connectivity index (χ1v) is 9.77. The topological polar surface area (TPSA) is 75.0 Å². The molecule has 0 bridgehead atoms. The van der Waals surface area contributed by atoms with E-state index in [4.69, 9.17) is 9.15 Å². The van der Waals surface area contributed by atoms with Crippen molar-refractivity contribution in [3.8, 4) is 0 Å². The average Bonchev–Trinajstić information content (AvgIpc) is 3.43. The van der Waals surface area contributed by atoms with E-state index in [1.807, 2.05) is 4.90 Å². The van der Waals surface area contributed by atoms with Gasteiger partial charge in [0.15, 0.2) is 5.76 Å². The van der Waals surface area contributed by atoms with Crippen LogP contribution in [0, 0.1) is 0 Å². The number of furan rings is 1. The number of anilines is 1. The molecule has 0 saturated carbocycles. The molecule has 2 fully saturated rings. The molecule has 4 rings (SSSR count). The molecule has 3 heterocycles. The van der Waals surface area contributed by atoms with Crippen molar-refractivity contribution < 1.29 is 18.7 Å². The number of carbonyl (C=O) groups excluding carboxylic acids is 2. The lowest BCUT2D eigenvalue weighted by molar-refractivity contribution is 0.0432. The molecule has 1 aromatic carbocycles. The summed E-state index contributed by atoms with van der Waals surface area (Å²) >= 11 is 0. The van der Waals surface area contributed by atoms with E-state index in [0.717, 1.165) is 52.2 Å². The monoisotopic (exact) mass is 383 g/mol. The molecule has 2 aliphatic rings. The van der Waals surface area contributed by atoms with Gasteiger partial charge in [-0.25, -0.2) is 0 Å². The van der Waals surface area contributed by atoms with Crippen molar-refractivity contribution in [2.75, 3.05) is 44.6 Å². The molecule has 2 saturated heterocycles. The summed E-state index contributed by atoms with van der Waals surface area (Å²) in [6.07, 6.45) is 4.10. The molecule has 7 nitrogen and oxygen atoms in total. The Kier molecular flexibility index (Phi) is 5.73. The zero-order valence-electron chi connectivity index (χ0n) is 15.8. The van der Waals surface area contributed by atoms with Crippen LogP contribution in [0.1, 0.15) is 33.8 Å². The van der Waals surface area contributed by atoms with Crippen LogP contribution in [0.15, 0.2) is 47.1 Å². The second-order valence-electron chi connectivity index (χ2n) is 7.24. The number of rotatable bonds is 5. The van der Waals surface area contributed by atoms with Gasteiger partial charge < -0.3 is 19.4 Å². The maximum absolute atomic E-state index is 12.8. The van der Waals surface area contributed by atoms with Crippen molar-refractivity contribution in [1.82, 2.24) is 9.80 Å². The molecule has 2 aliphatic heterocycles. The van der Waals surface area contributed by atoms with Crippen LogP contribution in [0.25, 0.3) is 0 Å². The number of nitrogens with zero attached hydrogens (tertiary/aromatic N) is 2. The molecule has 1 N–H and O–H groups in total. The van der Waals surface area contributed by atoms with Crippen LogP contribution in [0.4, 0.5) is 5.69 Å². The number of nitrogens with one attached hydrogen (secondary N) is 1.